The normalized spacial score (nSPS) is 15.3. The third-order valence-electron chi connectivity index (χ3n) is 3.57. The van der Waals surface area contributed by atoms with Gasteiger partial charge in [0.25, 0.3) is 0 Å². The van der Waals surface area contributed by atoms with Gasteiger partial charge in [-0.1, -0.05) is 30.3 Å². The minimum absolute atomic E-state index is 0.764. The molecule has 0 spiro atoms. The van der Waals surface area contributed by atoms with Crippen LogP contribution < -0.4 is 0 Å². The number of benzene rings is 1. The molecule has 2 heteroatoms. The van der Waals surface area contributed by atoms with Crippen molar-refractivity contribution in [3.05, 3.63) is 63.4 Å². The first-order valence-corrected chi connectivity index (χ1v) is 7.55. The molecule has 0 saturated heterocycles. The first kappa shape index (κ1) is 12.6. The van der Waals surface area contributed by atoms with Crippen LogP contribution in [0.2, 0.25) is 0 Å². The predicted octanol–water partition coefficient (Wildman–Crippen LogP) is 4.45. The summed E-state index contributed by atoms with van der Waals surface area (Å²) in [5.74, 6) is 0. The summed E-state index contributed by atoms with van der Waals surface area (Å²) < 4.78 is 5.37. The fraction of sp³-hybridized carbons (Fsp3) is 0.294. The molecule has 3 rings (SSSR count). The highest BCUT2D eigenvalue weighted by Gasteiger charge is 2.09. The molecule has 19 heavy (non-hydrogen) atoms. The van der Waals surface area contributed by atoms with E-state index >= 15 is 0 Å². The Labute approximate surface area is 118 Å². The first-order chi connectivity index (χ1) is 9.33. The van der Waals surface area contributed by atoms with E-state index in [0.717, 1.165) is 26.1 Å². The maximum atomic E-state index is 5.37. The Morgan fingerprint density at radius 2 is 2.05 bits per heavy atom. The molecule has 0 unspecified atom stereocenters. The number of thiophene rings is 1. The summed E-state index contributed by atoms with van der Waals surface area (Å²) >= 11 is 1.92. The van der Waals surface area contributed by atoms with Crippen LogP contribution in [0, 0.1) is 6.92 Å². The molecule has 98 valence electrons. The van der Waals surface area contributed by atoms with E-state index in [1.165, 1.54) is 26.5 Å². The van der Waals surface area contributed by atoms with Gasteiger partial charge in [-0.2, -0.15) is 0 Å². The summed E-state index contributed by atoms with van der Waals surface area (Å²) in [7, 11) is 0. The van der Waals surface area contributed by atoms with Crippen molar-refractivity contribution in [3.63, 3.8) is 0 Å². The molecule has 0 radical (unpaired) electrons. The third-order valence-corrected chi connectivity index (χ3v) is 4.73. The number of rotatable bonds is 3. The molecular weight excluding hydrogens is 252 g/mol. The molecule has 1 aliphatic rings. The topological polar surface area (TPSA) is 9.23 Å². The monoisotopic (exact) mass is 270 g/mol. The van der Waals surface area contributed by atoms with Crippen LogP contribution in [0.25, 0.3) is 5.57 Å². The van der Waals surface area contributed by atoms with E-state index < -0.39 is 0 Å². The summed E-state index contributed by atoms with van der Waals surface area (Å²) in [5, 5.41) is 0. The molecule has 1 nitrogen and oxygen atoms in total. The SMILES string of the molecule is Cc1ccccc1Cc1ccc(C2=CCOCC2)s1. The van der Waals surface area contributed by atoms with Crippen molar-refractivity contribution in [2.24, 2.45) is 0 Å². The van der Waals surface area contributed by atoms with Crippen LogP contribution >= 0.6 is 11.3 Å². The van der Waals surface area contributed by atoms with E-state index in [1.54, 1.807) is 0 Å². The summed E-state index contributed by atoms with van der Waals surface area (Å²) in [6.07, 6.45) is 4.30. The second kappa shape index (κ2) is 5.72. The lowest BCUT2D eigenvalue weighted by molar-refractivity contribution is 0.161. The van der Waals surface area contributed by atoms with Crippen LogP contribution in [0.3, 0.4) is 0 Å². The molecule has 0 fully saturated rings. The zero-order chi connectivity index (χ0) is 13.1. The van der Waals surface area contributed by atoms with Gasteiger partial charge in [0.05, 0.1) is 13.2 Å². The van der Waals surface area contributed by atoms with Crippen LogP contribution in [-0.4, -0.2) is 13.2 Å². The molecule has 0 bridgehead atoms. The van der Waals surface area contributed by atoms with Crippen LogP contribution in [0.5, 0.6) is 0 Å². The molecule has 0 atom stereocenters. The molecule has 0 aliphatic carbocycles. The first-order valence-electron chi connectivity index (χ1n) is 6.73. The van der Waals surface area contributed by atoms with Gasteiger partial charge < -0.3 is 4.74 Å². The highest BCUT2D eigenvalue weighted by atomic mass is 32.1. The zero-order valence-corrected chi connectivity index (χ0v) is 12.0. The summed E-state index contributed by atoms with van der Waals surface area (Å²) in [6.45, 7) is 3.81. The molecule has 2 heterocycles. The Morgan fingerprint density at radius 3 is 2.84 bits per heavy atom. The van der Waals surface area contributed by atoms with Gasteiger partial charge in [0, 0.05) is 16.2 Å². The third kappa shape index (κ3) is 2.96. The lowest BCUT2D eigenvalue weighted by Crippen LogP contribution is -2.02. The van der Waals surface area contributed by atoms with Crippen molar-refractivity contribution in [1.29, 1.82) is 0 Å². The number of ether oxygens (including phenoxy) is 1. The van der Waals surface area contributed by atoms with E-state index in [4.69, 9.17) is 4.74 Å². The van der Waals surface area contributed by atoms with Crippen LogP contribution in [-0.2, 0) is 11.2 Å². The van der Waals surface area contributed by atoms with Gasteiger partial charge in [0.2, 0.25) is 0 Å². The largest absolute Gasteiger partial charge is 0.377 e. The molecular formula is C17H18OS. The van der Waals surface area contributed by atoms with Crippen molar-refractivity contribution in [3.8, 4) is 0 Å². The van der Waals surface area contributed by atoms with Gasteiger partial charge >= 0.3 is 0 Å². The number of aryl methyl sites for hydroxylation is 1. The zero-order valence-electron chi connectivity index (χ0n) is 11.2. The maximum Gasteiger partial charge on any atom is 0.0653 e. The van der Waals surface area contributed by atoms with Gasteiger partial charge in [-0.25, -0.2) is 0 Å². The Morgan fingerprint density at radius 1 is 1.16 bits per heavy atom. The number of hydrogen-bond donors (Lipinski definition) is 0. The van der Waals surface area contributed by atoms with E-state index in [0.29, 0.717) is 0 Å². The molecule has 0 amide bonds. The fourth-order valence-electron chi connectivity index (χ4n) is 2.39. The minimum atomic E-state index is 0.764. The van der Waals surface area contributed by atoms with Crippen LogP contribution in [0.15, 0.2) is 42.5 Å². The van der Waals surface area contributed by atoms with Crippen molar-refractivity contribution < 1.29 is 4.74 Å². The van der Waals surface area contributed by atoms with Gasteiger partial charge in [-0.15, -0.1) is 11.3 Å². The average Bonchev–Trinajstić information content (AvgIpc) is 2.91. The number of hydrogen-bond acceptors (Lipinski definition) is 2. The summed E-state index contributed by atoms with van der Waals surface area (Å²) in [6, 6.07) is 13.2. The maximum absolute atomic E-state index is 5.37. The smallest absolute Gasteiger partial charge is 0.0653 e. The van der Waals surface area contributed by atoms with E-state index in [9.17, 15) is 0 Å². The Bertz CT molecular complexity index is 595. The Kier molecular flexibility index (Phi) is 3.81. The second-order valence-corrected chi connectivity index (χ2v) is 6.09. The van der Waals surface area contributed by atoms with Crippen LogP contribution in [0.4, 0.5) is 0 Å². The van der Waals surface area contributed by atoms with Gasteiger partial charge in [0.1, 0.15) is 0 Å². The van der Waals surface area contributed by atoms with Crippen molar-refractivity contribution in [2.75, 3.05) is 13.2 Å². The van der Waals surface area contributed by atoms with Gasteiger partial charge in [-0.05, 0) is 42.2 Å². The highest BCUT2D eigenvalue weighted by Crippen LogP contribution is 2.29. The van der Waals surface area contributed by atoms with Gasteiger partial charge in [-0.3, -0.25) is 0 Å². The van der Waals surface area contributed by atoms with Crippen molar-refractivity contribution in [1.82, 2.24) is 0 Å². The Hall–Kier alpha value is -1.38. The molecule has 0 N–H and O–H groups in total. The summed E-state index contributed by atoms with van der Waals surface area (Å²) in [5.41, 5.74) is 4.26. The molecule has 0 saturated carbocycles. The molecule has 1 aliphatic heterocycles. The highest BCUT2D eigenvalue weighted by molar-refractivity contribution is 7.13. The fourth-order valence-corrected chi connectivity index (χ4v) is 3.49. The van der Waals surface area contributed by atoms with Gasteiger partial charge in [0.15, 0.2) is 0 Å². The molecule has 2 aromatic rings. The van der Waals surface area contributed by atoms with Crippen molar-refractivity contribution >= 4 is 16.9 Å². The molecule has 1 aromatic carbocycles. The van der Waals surface area contributed by atoms with Crippen LogP contribution in [0.1, 0.15) is 27.3 Å². The Balaban J connectivity index is 1.78. The quantitative estimate of drug-likeness (QED) is 0.800. The lowest BCUT2D eigenvalue weighted by Gasteiger charge is -2.11. The lowest BCUT2D eigenvalue weighted by atomic mass is 10.1. The van der Waals surface area contributed by atoms with E-state index in [1.807, 2.05) is 11.3 Å². The minimum Gasteiger partial charge on any atom is -0.377 e. The average molecular weight is 270 g/mol. The van der Waals surface area contributed by atoms with E-state index in [-0.39, 0.29) is 0 Å². The van der Waals surface area contributed by atoms with E-state index in [2.05, 4.69) is 49.4 Å². The predicted molar refractivity (Wildman–Crippen MR) is 81.7 cm³/mol. The summed E-state index contributed by atoms with van der Waals surface area (Å²) in [4.78, 5) is 2.85. The second-order valence-electron chi connectivity index (χ2n) is 4.92. The molecule has 1 aromatic heterocycles. The van der Waals surface area contributed by atoms with Crippen molar-refractivity contribution in [2.45, 2.75) is 19.8 Å². The standard InChI is InChI=1S/C17H18OS/c1-13-4-2-3-5-15(13)12-16-6-7-17(19-16)14-8-10-18-11-9-14/h2-8H,9-12H2,1H3.